The normalized spacial score (nSPS) is 14.2. The minimum atomic E-state index is -0.0466. The van der Waals surface area contributed by atoms with Crippen molar-refractivity contribution in [2.24, 2.45) is 0 Å². The molecule has 4 nitrogen and oxygen atoms in total. The second-order valence-corrected chi connectivity index (χ2v) is 3.55. The maximum atomic E-state index is 9.08. The summed E-state index contributed by atoms with van der Waals surface area (Å²) >= 11 is 0. The van der Waals surface area contributed by atoms with Gasteiger partial charge in [0, 0.05) is 6.61 Å². The molecule has 0 bridgehead atoms. The third-order valence-electron chi connectivity index (χ3n) is 2.40. The first-order valence-corrected chi connectivity index (χ1v) is 5.14. The van der Waals surface area contributed by atoms with Crippen LogP contribution in [-0.2, 0) is 0 Å². The fourth-order valence-corrected chi connectivity index (χ4v) is 1.58. The highest BCUT2D eigenvalue weighted by Gasteiger charge is 2.12. The Kier molecular flexibility index (Phi) is 3.44. The van der Waals surface area contributed by atoms with E-state index >= 15 is 0 Å². The first kappa shape index (κ1) is 11.0. The van der Waals surface area contributed by atoms with Crippen molar-refractivity contribution in [1.82, 2.24) is 0 Å². The molecule has 0 aromatic heterocycles. The van der Waals surface area contributed by atoms with E-state index in [-0.39, 0.29) is 20.0 Å². The molecule has 0 atom stereocenters. The average Bonchev–Trinajstić information content (AvgIpc) is 2.75. The van der Waals surface area contributed by atoms with Crippen molar-refractivity contribution in [2.45, 2.75) is 6.42 Å². The number of aliphatic hydroxyl groups excluding tert-OH is 2. The number of hydrogen-bond acceptors (Lipinski definition) is 4. The number of fused-ring (bicyclic) bond motifs is 1. The van der Waals surface area contributed by atoms with Crippen molar-refractivity contribution < 1.29 is 19.7 Å². The lowest BCUT2D eigenvalue weighted by Gasteiger charge is -2.02. The van der Waals surface area contributed by atoms with Crippen molar-refractivity contribution in [3.63, 3.8) is 0 Å². The van der Waals surface area contributed by atoms with Crippen molar-refractivity contribution in [3.8, 4) is 11.5 Å². The summed E-state index contributed by atoms with van der Waals surface area (Å²) in [7, 11) is 0. The number of aliphatic hydroxyl groups is 2. The van der Waals surface area contributed by atoms with Gasteiger partial charge in [0.25, 0.3) is 0 Å². The summed E-state index contributed by atoms with van der Waals surface area (Å²) in [6.45, 7) is 0.248. The zero-order valence-corrected chi connectivity index (χ0v) is 8.85. The molecule has 0 unspecified atom stereocenters. The summed E-state index contributed by atoms with van der Waals surface area (Å²) < 4.78 is 10.5. The smallest absolute Gasteiger partial charge is 0.231 e. The van der Waals surface area contributed by atoms with Gasteiger partial charge in [0.15, 0.2) is 11.5 Å². The van der Waals surface area contributed by atoms with Crippen LogP contribution in [-0.4, -0.2) is 30.2 Å². The van der Waals surface area contributed by atoms with Crippen LogP contribution in [0.1, 0.15) is 12.0 Å². The van der Waals surface area contributed by atoms with E-state index in [4.69, 9.17) is 19.7 Å². The molecule has 1 aromatic rings. The molecule has 0 fully saturated rings. The molecule has 1 heterocycles. The predicted molar refractivity (Wildman–Crippen MR) is 59.3 cm³/mol. The summed E-state index contributed by atoms with van der Waals surface area (Å²) in [5.41, 5.74) is 1.73. The lowest BCUT2D eigenvalue weighted by Crippen LogP contribution is -1.94. The van der Waals surface area contributed by atoms with E-state index < -0.39 is 0 Å². The molecule has 1 aromatic carbocycles. The second kappa shape index (κ2) is 5.01. The lowest BCUT2D eigenvalue weighted by molar-refractivity contribution is 0.174. The van der Waals surface area contributed by atoms with E-state index in [9.17, 15) is 0 Å². The topological polar surface area (TPSA) is 58.9 Å². The molecule has 1 aliphatic heterocycles. The highest BCUT2D eigenvalue weighted by atomic mass is 16.7. The fraction of sp³-hybridized carbons (Fsp3) is 0.333. The second-order valence-electron chi connectivity index (χ2n) is 3.55. The van der Waals surface area contributed by atoms with E-state index in [1.807, 2.05) is 24.3 Å². The maximum Gasteiger partial charge on any atom is 0.231 e. The molecule has 0 radical (unpaired) electrons. The fourth-order valence-electron chi connectivity index (χ4n) is 1.58. The molecule has 0 aliphatic carbocycles. The van der Waals surface area contributed by atoms with Gasteiger partial charge in [-0.05, 0) is 29.7 Å². The Morgan fingerprint density at radius 3 is 2.81 bits per heavy atom. The zero-order valence-electron chi connectivity index (χ0n) is 8.85. The van der Waals surface area contributed by atoms with Crippen molar-refractivity contribution in [1.29, 1.82) is 0 Å². The Hall–Kier alpha value is -1.52. The van der Waals surface area contributed by atoms with E-state index in [1.54, 1.807) is 0 Å². The third kappa shape index (κ3) is 2.35. The van der Waals surface area contributed by atoms with Gasteiger partial charge >= 0.3 is 0 Å². The number of benzene rings is 1. The molecule has 4 heteroatoms. The largest absolute Gasteiger partial charge is 0.454 e. The van der Waals surface area contributed by atoms with Crippen molar-refractivity contribution >= 4 is 6.08 Å². The van der Waals surface area contributed by atoms with Crippen LogP contribution in [0.25, 0.3) is 6.08 Å². The molecular formula is C12H14O4. The minimum Gasteiger partial charge on any atom is -0.454 e. The molecular weight excluding hydrogens is 208 g/mol. The van der Waals surface area contributed by atoms with Gasteiger partial charge in [-0.1, -0.05) is 12.1 Å². The van der Waals surface area contributed by atoms with Gasteiger partial charge in [-0.25, -0.2) is 0 Å². The summed E-state index contributed by atoms with van der Waals surface area (Å²) in [4.78, 5) is 0. The minimum absolute atomic E-state index is 0.0386. The quantitative estimate of drug-likeness (QED) is 0.803. The third-order valence-corrected chi connectivity index (χ3v) is 2.40. The standard InChI is InChI=1S/C12H14O4/c13-4-3-10(7-14)5-9-1-2-11-12(6-9)16-8-15-11/h1-2,5-6,13-14H,3-4,7-8H2. The van der Waals surface area contributed by atoms with Crippen molar-refractivity contribution in [3.05, 3.63) is 29.3 Å². The molecule has 16 heavy (non-hydrogen) atoms. The van der Waals surface area contributed by atoms with E-state index in [2.05, 4.69) is 0 Å². The van der Waals surface area contributed by atoms with Gasteiger partial charge in [-0.15, -0.1) is 0 Å². The van der Waals surface area contributed by atoms with Gasteiger partial charge in [0.05, 0.1) is 6.61 Å². The molecule has 86 valence electrons. The summed E-state index contributed by atoms with van der Waals surface area (Å²) in [6, 6.07) is 5.58. The Morgan fingerprint density at radius 2 is 2.06 bits per heavy atom. The molecule has 2 N–H and O–H groups in total. The molecule has 0 amide bonds. The molecule has 2 rings (SSSR count). The molecule has 0 spiro atoms. The van der Waals surface area contributed by atoms with Crippen LogP contribution in [0.2, 0.25) is 0 Å². The van der Waals surface area contributed by atoms with Gasteiger partial charge in [-0.3, -0.25) is 0 Å². The van der Waals surface area contributed by atoms with Gasteiger partial charge in [0.2, 0.25) is 6.79 Å². The summed E-state index contributed by atoms with van der Waals surface area (Å²) in [5, 5.41) is 17.9. The highest BCUT2D eigenvalue weighted by molar-refractivity contribution is 5.58. The monoisotopic (exact) mass is 222 g/mol. The van der Waals surface area contributed by atoms with E-state index in [1.165, 1.54) is 0 Å². The van der Waals surface area contributed by atoms with Crippen LogP contribution in [0.15, 0.2) is 23.8 Å². The van der Waals surface area contributed by atoms with Crippen LogP contribution in [0, 0.1) is 0 Å². The number of rotatable bonds is 4. The Labute approximate surface area is 93.7 Å². The van der Waals surface area contributed by atoms with Gasteiger partial charge < -0.3 is 19.7 Å². The van der Waals surface area contributed by atoms with Crippen LogP contribution < -0.4 is 9.47 Å². The van der Waals surface area contributed by atoms with Crippen LogP contribution in [0.5, 0.6) is 11.5 Å². The first-order chi connectivity index (χ1) is 7.83. The molecule has 1 aliphatic rings. The predicted octanol–water partition coefficient (Wildman–Crippen LogP) is 1.17. The number of ether oxygens (including phenoxy) is 2. The summed E-state index contributed by atoms with van der Waals surface area (Å²) in [6.07, 6.45) is 2.32. The van der Waals surface area contributed by atoms with Crippen LogP contribution in [0.3, 0.4) is 0 Å². The lowest BCUT2D eigenvalue weighted by atomic mass is 10.1. The van der Waals surface area contributed by atoms with Gasteiger partial charge in [-0.2, -0.15) is 0 Å². The first-order valence-electron chi connectivity index (χ1n) is 5.14. The highest BCUT2D eigenvalue weighted by Crippen LogP contribution is 2.33. The molecule has 0 saturated heterocycles. The van der Waals surface area contributed by atoms with Crippen LogP contribution in [0.4, 0.5) is 0 Å². The van der Waals surface area contributed by atoms with Gasteiger partial charge in [0.1, 0.15) is 0 Å². The summed E-state index contributed by atoms with van der Waals surface area (Å²) in [5.74, 6) is 1.46. The average molecular weight is 222 g/mol. The number of hydrogen-bond donors (Lipinski definition) is 2. The Morgan fingerprint density at radius 1 is 1.25 bits per heavy atom. The van der Waals surface area contributed by atoms with Crippen molar-refractivity contribution in [2.75, 3.05) is 20.0 Å². The van der Waals surface area contributed by atoms with E-state index in [0.29, 0.717) is 6.42 Å². The Bertz CT molecular complexity index is 398. The zero-order chi connectivity index (χ0) is 11.4. The SMILES string of the molecule is OCCC(=Cc1ccc2c(c1)OCO2)CO. The Balaban J connectivity index is 2.20. The molecule has 0 saturated carbocycles. The van der Waals surface area contributed by atoms with E-state index in [0.717, 1.165) is 22.6 Å². The van der Waals surface area contributed by atoms with Crippen LogP contribution >= 0.6 is 0 Å². The maximum absolute atomic E-state index is 9.08.